The van der Waals surface area contributed by atoms with Crippen molar-refractivity contribution in [1.82, 2.24) is 0 Å². The zero-order valence-electron chi connectivity index (χ0n) is 63.3. The van der Waals surface area contributed by atoms with Crippen molar-refractivity contribution in [1.29, 1.82) is 0 Å². The molecular formula is C70H61Br3F15NO28S6. The van der Waals surface area contributed by atoms with Gasteiger partial charge in [-0.3, -0.25) is 4.79 Å². The number of halogens is 18. The van der Waals surface area contributed by atoms with Crippen LogP contribution in [0, 0.1) is 40.7 Å². The van der Waals surface area contributed by atoms with Gasteiger partial charge in [-0.15, -0.1) is 11.8 Å². The molecule has 3 aliphatic heterocycles. The van der Waals surface area contributed by atoms with Gasteiger partial charge in [-0.2, -0.15) is 35.1 Å². The number of aldehydes is 1. The van der Waals surface area contributed by atoms with Gasteiger partial charge in [0.2, 0.25) is 5.79 Å². The molecule has 0 spiro atoms. The van der Waals surface area contributed by atoms with Crippen molar-refractivity contribution in [3.05, 3.63) is 200 Å². The van der Waals surface area contributed by atoms with E-state index in [2.05, 4.69) is 76.2 Å². The molecule has 0 fully saturated rings. The molecule has 0 amide bonds. The van der Waals surface area contributed by atoms with Gasteiger partial charge < -0.3 is 59.7 Å². The number of ether oxygens (including phenoxy) is 6. The summed E-state index contributed by atoms with van der Waals surface area (Å²) < 4.78 is 347. The number of hydrogen-bond donors (Lipinski definition) is 6. The first-order chi connectivity index (χ1) is 56.2. The summed E-state index contributed by atoms with van der Waals surface area (Å²) in [6.07, 6.45) is -1.46. The minimum absolute atomic E-state index is 0.000695. The Hall–Kier alpha value is -8.88. The van der Waals surface area contributed by atoms with Crippen LogP contribution >= 0.6 is 59.6 Å². The Morgan fingerprint density at radius 1 is 0.520 bits per heavy atom. The quantitative estimate of drug-likeness (QED) is 0.0119. The molecule has 2 unspecified atom stereocenters. The summed E-state index contributed by atoms with van der Waals surface area (Å²) >= 11 is 10.7. The Morgan fingerprint density at radius 2 is 0.878 bits per heavy atom. The lowest BCUT2D eigenvalue weighted by molar-refractivity contribution is -0.291. The molecule has 2 atom stereocenters. The second kappa shape index (κ2) is 41.1. The minimum atomic E-state index is -4.56. The fraction of sp³-hybridized carbons (Fsp3) is 0.300. The standard InChI is InChI=1S/C13H13F3O6S.C11H9F3O6S.C10H9F3O4S.C10H7F3O4S.C9H8BrFO4S.C9H8BrFO2S.C8H7BrFNO2/c1-4-22-12(18)13(15,16)8-5-7(11(17)21-2)9(14)6-10(8)23(3,19)20;1-20-9(15)5-2-6-8(3-7(5)12)21(18,19)4-10(16,17)11(6,13)14;2*11-7-2-8-6(1-5(7)3-14)10(12,13)9(15)4-18(8,16)17;1-15-9(12)5-3-6(10)8(4-7(5)11)16(2,13)14;1-13-9(12)5-3-6(10)8(14-2)4-7(5)11;1-13-8(12)4-2-5(9)7(11)3-6(4)10/h5-6H,4H2,1-3H3;2-3,16-17H,4H2,1H3;1-2,9,14-15H,3-4H2;1-3,9,15H,4H2;3-4H,1-2H3;3-4H,1-2H3;2-3H,11H2,1H3. The van der Waals surface area contributed by atoms with Crippen molar-refractivity contribution in [2.24, 2.45) is 0 Å². The smallest absolute Gasteiger partial charge is 0.382 e. The van der Waals surface area contributed by atoms with Gasteiger partial charge in [-0.1, -0.05) is 0 Å². The maximum atomic E-state index is 14.2. The number of benzene rings is 7. The van der Waals surface area contributed by atoms with Crippen molar-refractivity contribution in [3.8, 4) is 0 Å². The maximum absolute atomic E-state index is 14.2. The Kier molecular flexibility index (Phi) is 35.5. The number of esters is 6. The number of sulfone groups is 5. The molecule has 10 rings (SSSR count). The molecule has 29 nitrogen and oxygen atoms in total. The van der Waals surface area contributed by atoms with Crippen LogP contribution in [0.1, 0.15) is 96.9 Å². The van der Waals surface area contributed by atoms with Crippen LogP contribution in [0.25, 0.3) is 0 Å². The molecule has 7 aromatic carbocycles. The van der Waals surface area contributed by atoms with Crippen LogP contribution in [0.2, 0.25) is 0 Å². The number of rotatable bonds is 13. The van der Waals surface area contributed by atoms with Crippen molar-refractivity contribution in [2.45, 2.75) is 84.6 Å². The average molecular weight is 2080 g/mol. The summed E-state index contributed by atoms with van der Waals surface area (Å²) in [5.41, 5.74) is -2.65. The fourth-order valence-electron chi connectivity index (χ4n) is 10.1. The normalized spacial score (nSPS) is 16.7. The highest BCUT2D eigenvalue weighted by Gasteiger charge is 2.62. The number of aliphatic hydroxyl groups is 5. The lowest BCUT2D eigenvalue weighted by Crippen LogP contribution is -2.54. The first-order valence-electron chi connectivity index (χ1n) is 32.4. The van der Waals surface area contributed by atoms with Gasteiger partial charge in [0.05, 0.1) is 124 Å². The molecule has 0 saturated carbocycles. The maximum Gasteiger partial charge on any atom is 0.382 e. The van der Waals surface area contributed by atoms with Gasteiger partial charge in [0.25, 0.3) is 0 Å². The third-order valence-corrected chi connectivity index (χ3v) is 27.2. The van der Waals surface area contributed by atoms with Gasteiger partial charge in [-0.05, 0) is 146 Å². The van der Waals surface area contributed by atoms with Gasteiger partial charge in [-0.25, -0.2) is 102 Å². The highest BCUT2D eigenvalue weighted by Crippen LogP contribution is 2.48. The summed E-state index contributed by atoms with van der Waals surface area (Å²) in [5.74, 6) is -38.5. The molecule has 53 heteroatoms. The van der Waals surface area contributed by atoms with Crippen molar-refractivity contribution < 1.29 is 195 Å². The van der Waals surface area contributed by atoms with E-state index < -0.39 is 255 Å². The number of fused-ring (bicyclic) bond motifs is 3. The second-order valence-corrected chi connectivity index (χ2v) is 38.0. The molecule has 3 aliphatic rings. The topological polar surface area (TPSA) is 473 Å². The van der Waals surface area contributed by atoms with Crippen LogP contribution in [-0.2, 0) is 113 Å². The molecule has 0 radical (unpaired) electrons. The number of carbonyl (C=O) groups excluding carboxylic acids is 7. The number of anilines is 1. The highest BCUT2D eigenvalue weighted by atomic mass is 79.9. The van der Waals surface area contributed by atoms with Gasteiger partial charge >= 0.3 is 59.5 Å². The number of aliphatic hydroxyl groups excluding tert-OH is 3. The lowest BCUT2D eigenvalue weighted by Gasteiger charge is -2.36. The molecule has 676 valence electrons. The third kappa shape index (κ3) is 24.4. The largest absolute Gasteiger partial charge is 0.465 e. The molecule has 0 saturated heterocycles. The number of carbonyl (C=O) groups is 7. The van der Waals surface area contributed by atoms with Crippen molar-refractivity contribution >= 4 is 157 Å². The number of thioether (sulfide) groups is 1. The monoisotopic (exact) mass is 2080 g/mol. The molecule has 7 aromatic rings. The van der Waals surface area contributed by atoms with Gasteiger partial charge in [0.1, 0.15) is 58.7 Å². The number of methoxy groups -OCH3 is 5. The molecular weight excluding hydrogens is 2020 g/mol. The number of nitrogen functional groups attached to an aromatic ring is 1. The summed E-state index contributed by atoms with van der Waals surface area (Å²) in [6, 6.07) is 9.81. The predicted octanol–water partition coefficient (Wildman–Crippen LogP) is 10.1. The SMILES string of the molecule is CCOC(=O)C(F)(F)c1cc(C(=O)OC)c(F)cc1S(C)(=O)=O.COC(=O)c1cc(Br)c(N)cc1F.COC(=O)c1cc(Br)c(S(C)(=O)=O)cc1F.COC(=O)c1cc(Br)c(SC)cc1F.COC(=O)c1cc2c(cc1F)S(=O)(=O)CC(O)(O)C2(F)F.O=Cc1cc2c(cc1F)S(=O)(=O)CC(O)C2(F)F.O=S1(=O)CC(O)C(F)(F)c2cc(CO)c(F)cc21. The van der Waals surface area contributed by atoms with Crippen LogP contribution in [0.3, 0.4) is 0 Å². The molecule has 123 heavy (non-hydrogen) atoms. The lowest BCUT2D eigenvalue weighted by atomic mass is 9.98. The van der Waals surface area contributed by atoms with E-state index >= 15 is 0 Å². The first-order valence-corrected chi connectivity index (χ1v) is 44.7. The van der Waals surface area contributed by atoms with Gasteiger partial charge in [0.15, 0.2) is 55.5 Å². The van der Waals surface area contributed by atoms with E-state index in [1.54, 1.807) is 0 Å². The Balaban J connectivity index is 0.000000303. The van der Waals surface area contributed by atoms with E-state index in [1.807, 2.05) is 6.26 Å². The van der Waals surface area contributed by atoms with E-state index in [1.165, 1.54) is 51.1 Å². The molecule has 0 aromatic heterocycles. The van der Waals surface area contributed by atoms with Crippen LogP contribution in [-0.4, -0.2) is 206 Å². The predicted molar refractivity (Wildman–Crippen MR) is 406 cm³/mol. The number of nitrogens with two attached hydrogens (primary N) is 1. The molecule has 0 bridgehead atoms. The minimum Gasteiger partial charge on any atom is -0.465 e. The van der Waals surface area contributed by atoms with Crippen LogP contribution in [0.5, 0.6) is 0 Å². The zero-order chi connectivity index (χ0) is 94.9. The summed E-state index contributed by atoms with van der Waals surface area (Å²) in [4.78, 5) is 74.3. The van der Waals surface area contributed by atoms with Crippen LogP contribution < -0.4 is 5.73 Å². The summed E-state index contributed by atoms with van der Waals surface area (Å²) in [5, 5.41) is 45.6. The molecule has 0 aliphatic carbocycles. The average Bonchev–Trinajstić information content (AvgIpc) is 0.724. The summed E-state index contributed by atoms with van der Waals surface area (Å²) in [7, 11) is -15.5. The van der Waals surface area contributed by atoms with Crippen LogP contribution in [0.4, 0.5) is 71.5 Å². The number of hydrogen-bond acceptors (Lipinski definition) is 30. The zero-order valence-corrected chi connectivity index (χ0v) is 73.0. The van der Waals surface area contributed by atoms with E-state index in [-0.39, 0.29) is 68.9 Å². The number of alkyl halides is 8. The molecule has 7 N–H and O–H groups in total. The van der Waals surface area contributed by atoms with E-state index in [4.69, 9.17) is 21.1 Å². The van der Waals surface area contributed by atoms with E-state index in [0.29, 0.717) is 39.5 Å². The van der Waals surface area contributed by atoms with Crippen molar-refractivity contribution in [3.63, 3.8) is 0 Å². The first kappa shape index (κ1) is 106. The van der Waals surface area contributed by atoms with E-state index in [0.717, 1.165) is 50.7 Å². The Bertz CT molecular complexity index is 5940. The van der Waals surface area contributed by atoms with Crippen LogP contribution in [0.15, 0.2) is 128 Å². The molecule has 3 heterocycles. The fourth-order valence-corrected chi connectivity index (χ4v) is 19.5. The third-order valence-electron chi connectivity index (χ3n) is 16.3. The Morgan fingerprint density at radius 3 is 1.28 bits per heavy atom. The van der Waals surface area contributed by atoms with E-state index in [9.17, 15) is 152 Å². The second-order valence-electron chi connectivity index (χ2n) is 24.6. The summed E-state index contributed by atoms with van der Waals surface area (Å²) in [6.45, 7) is 0.0506. The highest BCUT2D eigenvalue weighted by molar-refractivity contribution is 9.11. The van der Waals surface area contributed by atoms with Gasteiger partial charge in [0, 0.05) is 58.8 Å². The van der Waals surface area contributed by atoms with Crippen molar-refractivity contribution in [2.75, 3.05) is 83.9 Å². The Labute approximate surface area is 715 Å².